The molecule has 3 rings (SSSR count). The van der Waals surface area contributed by atoms with Gasteiger partial charge in [-0.3, -0.25) is 9.78 Å². The van der Waals surface area contributed by atoms with Crippen molar-refractivity contribution in [2.75, 3.05) is 24.5 Å². The molecule has 1 atom stereocenters. The van der Waals surface area contributed by atoms with Crippen LogP contribution in [0.1, 0.15) is 29.3 Å². The fourth-order valence-corrected chi connectivity index (χ4v) is 2.74. The molecule has 0 aliphatic carbocycles. The summed E-state index contributed by atoms with van der Waals surface area (Å²) in [6, 6.07) is 7.65. The molecule has 0 radical (unpaired) electrons. The molecule has 1 unspecified atom stereocenters. The predicted molar refractivity (Wildman–Crippen MR) is 91.9 cm³/mol. The molecule has 1 amide bonds. The molecule has 2 aromatic heterocycles. The van der Waals surface area contributed by atoms with Crippen molar-refractivity contribution in [3.8, 4) is 0 Å². The van der Waals surface area contributed by atoms with Crippen LogP contribution in [0.25, 0.3) is 0 Å². The van der Waals surface area contributed by atoms with Gasteiger partial charge in [0.1, 0.15) is 5.82 Å². The molecule has 1 fully saturated rings. The standard InChI is InChI=1S/C18H22N4O2/c1-2-20-18(23)15-3-4-17(21-11-15)22-10-7-16(12-22)24-13-14-5-8-19-9-6-14/h3-6,8-9,11,16H,2,7,10,12-13H2,1H3,(H,20,23). The summed E-state index contributed by atoms with van der Waals surface area (Å²) in [7, 11) is 0. The zero-order valence-electron chi connectivity index (χ0n) is 13.8. The van der Waals surface area contributed by atoms with Gasteiger partial charge in [-0.1, -0.05) is 0 Å². The van der Waals surface area contributed by atoms with Crippen molar-refractivity contribution < 1.29 is 9.53 Å². The van der Waals surface area contributed by atoms with Crippen molar-refractivity contribution in [2.24, 2.45) is 0 Å². The van der Waals surface area contributed by atoms with Crippen LogP contribution >= 0.6 is 0 Å². The molecule has 6 heteroatoms. The van der Waals surface area contributed by atoms with Crippen molar-refractivity contribution in [1.82, 2.24) is 15.3 Å². The molecule has 2 aromatic rings. The van der Waals surface area contributed by atoms with E-state index in [0.717, 1.165) is 30.9 Å². The third-order valence-electron chi connectivity index (χ3n) is 4.05. The highest BCUT2D eigenvalue weighted by Crippen LogP contribution is 2.20. The lowest BCUT2D eigenvalue weighted by Gasteiger charge is -2.18. The molecule has 1 saturated heterocycles. The summed E-state index contributed by atoms with van der Waals surface area (Å²) in [5.41, 5.74) is 1.72. The molecule has 6 nitrogen and oxygen atoms in total. The van der Waals surface area contributed by atoms with E-state index in [1.54, 1.807) is 18.6 Å². The van der Waals surface area contributed by atoms with Crippen molar-refractivity contribution in [1.29, 1.82) is 0 Å². The van der Waals surface area contributed by atoms with Crippen LogP contribution in [0.4, 0.5) is 5.82 Å². The SMILES string of the molecule is CCNC(=O)c1ccc(N2CCC(OCc3ccncc3)C2)nc1. The maximum absolute atomic E-state index is 11.8. The molecule has 1 aliphatic rings. The zero-order chi connectivity index (χ0) is 16.8. The van der Waals surface area contributed by atoms with E-state index >= 15 is 0 Å². The summed E-state index contributed by atoms with van der Waals surface area (Å²) in [5, 5.41) is 2.77. The van der Waals surface area contributed by atoms with E-state index in [4.69, 9.17) is 4.74 Å². The lowest BCUT2D eigenvalue weighted by Crippen LogP contribution is -2.25. The molecule has 126 valence electrons. The first-order chi connectivity index (χ1) is 11.8. The lowest BCUT2D eigenvalue weighted by molar-refractivity contribution is 0.0553. The molecule has 24 heavy (non-hydrogen) atoms. The monoisotopic (exact) mass is 326 g/mol. The van der Waals surface area contributed by atoms with Gasteiger partial charge < -0.3 is 15.0 Å². The van der Waals surface area contributed by atoms with E-state index in [9.17, 15) is 4.79 Å². The van der Waals surface area contributed by atoms with Gasteiger partial charge >= 0.3 is 0 Å². The summed E-state index contributed by atoms with van der Waals surface area (Å²) in [4.78, 5) is 22.4. The summed E-state index contributed by atoms with van der Waals surface area (Å²) in [6.07, 6.45) is 6.36. The van der Waals surface area contributed by atoms with E-state index < -0.39 is 0 Å². The van der Waals surface area contributed by atoms with E-state index in [-0.39, 0.29) is 12.0 Å². The Bertz CT molecular complexity index is 660. The highest BCUT2D eigenvalue weighted by atomic mass is 16.5. The fraction of sp³-hybridized carbons (Fsp3) is 0.389. The van der Waals surface area contributed by atoms with Crippen LogP contribution in [0.15, 0.2) is 42.9 Å². The zero-order valence-corrected chi connectivity index (χ0v) is 13.8. The van der Waals surface area contributed by atoms with Crippen LogP contribution in [-0.2, 0) is 11.3 Å². The smallest absolute Gasteiger partial charge is 0.252 e. The highest BCUT2D eigenvalue weighted by molar-refractivity contribution is 5.94. The number of nitrogens with one attached hydrogen (secondary N) is 1. The number of amides is 1. The van der Waals surface area contributed by atoms with Crippen LogP contribution in [-0.4, -0.2) is 41.6 Å². The minimum atomic E-state index is -0.0865. The number of nitrogens with zero attached hydrogens (tertiary/aromatic N) is 3. The number of anilines is 1. The Hall–Kier alpha value is -2.47. The normalized spacial score (nSPS) is 17.0. The second kappa shape index (κ2) is 7.88. The number of aromatic nitrogens is 2. The molecule has 0 aromatic carbocycles. The molecule has 0 spiro atoms. The van der Waals surface area contributed by atoms with Gasteiger partial charge in [0.25, 0.3) is 5.91 Å². The highest BCUT2D eigenvalue weighted by Gasteiger charge is 2.24. The first-order valence-electron chi connectivity index (χ1n) is 8.26. The Morgan fingerprint density at radius 2 is 2.17 bits per heavy atom. The lowest BCUT2D eigenvalue weighted by atomic mass is 10.2. The Morgan fingerprint density at radius 3 is 2.88 bits per heavy atom. The second-order valence-electron chi connectivity index (χ2n) is 5.79. The van der Waals surface area contributed by atoms with Gasteiger partial charge in [0, 0.05) is 38.2 Å². The van der Waals surface area contributed by atoms with Gasteiger partial charge in [0.2, 0.25) is 0 Å². The van der Waals surface area contributed by atoms with Gasteiger partial charge in [-0.05, 0) is 43.2 Å². The van der Waals surface area contributed by atoms with Crippen molar-refractivity contribution in [3.63, 3.8) is 0 Å². The van der Waals surface area contributed by atoms with Gasteiger partial charge in [0.05, 0.1) is 18.3 Å². The number of carbonyl (C=O) groups excluding carboxylic acids is 1. The Morgan fingerprint density at radius 1 is 1.33 bits per heavy atom. The van der Waals surface area contributed by atoms with Crippen molar-refractivity contribution >= 4 is 11.7 Å². The maximum atomic E-state index is 11.8. The minimum absolute atomic E-state index is 0.0865. The fourth-order valence-electron chi connectivity index (χ4n) is 2.74. The second-order valence-corrected chi connectivity index (χ2v) is 5.79. The largest absolute Gasteiger partial charge is 0.372 e. The number of carbonyl (C=O) groups is 1. The Balaban J connectivity index is 1.52. The molecular formula is C18H22N4O2. The first kappa shape index (κ1) is 16.4. The van der Waals surface area contributed by atoms with E-state index in [1.807, 2.05) is 31.2 Å². The van der Waals surface area contributed by atoms with E-state index in [0.29, 0.717) is 18.7 Å². The van der Waals surface area contributed by atoms with Crippen molar-refractivity contribution in [2.45, 2.75) is 26.1 Å². The predicted octanol–water partition coefficient (Wildman–Crippen LogP) is 2.02. The van der Waals surface area contributed by atoms with Gasteiger partial charge in [-0.2, -0.15) is 0 Å². The van der Waals surface area contributed by atoms with Crippen LogP contribution in [0.2, 0.25) is 0 Å². The Kier molecular flexibility index (Phi) is 5.38. The van der Waals surface area contributed by atoms with E-state index in [1.165, 1.54) is 0 Å². The number of hydrogen-bond donors (Lipinski definition) is 1. The molecule has 3 heterocycles. The van der Waals surface area contributed by atoms with Crippen molar-refractivity contribution in [3.05, 3.63) is 54.0 Å². The molecular weight excluding hydrogens is 304 g/mol. The summed E-state index contributed by atoms with van der Waals surface area (Å²) < 4.78 is 5.97. The first-order valence-corrected chi connectivity index (χ1v) is 8.26. The average molecular weight is 326 g/mol. The summed E-state index contributed by atoms with van der Waals surface area (Å²) >= 11 is 0. The van der Waals surface area contributed by atoms with Crippen LogP contribution in [0.3, 0.4) is 0 Å². The summed E-state index contributed by atoms with van der Waals surface area (Å²) in [5.74, 6) is 0.801. The molecule has 0 saturated carbocycles. The summed E-state index contributed by atoms with van der Waals surface area (Å²) in [6.45, 7) is 4.84. The third-order valence-corrected chi connectivity index (χ3v) is 4.05. The molecule has 0 bridgehead atoms. The minimum Gasteiger partial charge on any atom is -0.372 e. The topological polar surface area (TPSA) is 67.4 Å². The maximum Gasteiger partial charge on any atom is 0.252 e. The Labute approximate surface area is 141 Å². The van der Waals surface area contributed by atoms with Crippen LogP contribution < -0.4 is 10.2 Å². The third kappa shape index (κ3) is 4.08. The van der Waals surface area contributed by atoms with Crippen LogP contribution in [0, 0.1) is 0 Å². The number of pyridine rings is 2. The van der Waals surface area contributed by atoms with Gasteiger partial charge in [0.15, 0.2) is 0 Å². The van der Waals surface area contributed by atoms with Gasteiger partial charge in [-0.15, -0.1) is 0 Å². The van der Waals surface area contributed by atoms with Gasteiger partial charge in [-0.25, -0.2) is 4.98 Å². The average Bonchev–Trinajstić information content (AvgIpc) is 3.10. The van der Waals surface area contributed by atoms with Crippen LogP contribution in [0.5, 0.6) is 0 Å². The quantitative estimate of drug-likeness (QED) is 0.880. The van der Waals surface area contributed by atoms with E-state index in [2.05, 4.69) is 20.2 Å². The number of hydrogen-bond acceptors (Lipinski definition) is 5. The number of ether oxygens (including phenoxy) is 1. The molecule has 1 N–H and O–H groups in total. The molecule has 1 aliphatic heterocycles. The number of rotatable bonds is 6.